The average Bonchev–Trinajstić information content (AvgIpc) is 2.80. The molecule has 1 aromatic rings. The lowest BCUT2D eigenvalue weighted by molar-refractivity contribution is -0.140. The molecule has 0 bridgehead atoms. The zero-order valence-electron chi connectivity index (χ0n) is 10.4. The SMILES string of the molecule is CC(C)n1ccc(CN2C(=O)C[C@H](C)C2=O)n1. The van der Waals surface area contributed by atoms with Gasteiger partial charge >= 0.3 is 0 Å². The van der Waals surface area contributed by atoms with Gasteiger partial charge in [-0.2, -0.15) is 5.10 Å². The predicted molar refractivity (Wildman–Crippen MR) is 62.0 cm³/mol. The van der Waals surface area contributed by atoms with Crippen LogP contribution in [0.1, 0.15) is 38.9 Å². The van der Waals surface area contributed by atoms with E-state index in [1.165, 1.54) is 4.90 Å². The molecule has 1 aliphatic rings. The molecule has 0 aromatic carbocycles. The van der Waals surface area contributed by atoms with Gasteiger partial charge in [0.1, 0.15) is 0 Å². The summed E-state index contributed by atoms with van der Waals surface area (Å²) in [5.41, 5.74) is 0.759. The van der Waals surface area contributed by atoms with Crippen molar-refractivity contribution in [3.05, 3.63) is 18.0 Å². The third-order valence-electron chi connectivity index (χ3n) is 2.98. The molecule has 2 heterocycles. The molecule has 0 saturated carbocycles. The highest BCUT2D eigenvalue weighted by molar-refractivity contribution is 6.03. The highest BCUT2D eigenvalue weighted by Gasteiger charge is 2.35. The summed E-state index contributed by atoms with van der Waals surface area (Å²) in [6, 6.07) is 2.14. The van der Waals surface area contributed by atoms with Gasteiger partial charge in [0.05, 0.1) is 12.2 Å². The minimum atomic E-state index is -0.185. The summed E-state index contributed by atoms with van der Waals surface area (Å²) in [5, 5.41) is 4.34. The van der Waals surface area contributed by atoms with E-state index in [0.29, 0.717) is 13.0 Å². The van der Waals surface area contributed by atoms with Crippen molar-refractivity contribution in [2.45, 2.75) is 39.8 Å². The van der Waals surface area contributed by atoms with E-state index in [4.69, 9.17) is 0 Å². The predicted octanol–water partition coefficient (Wildman–Crippen LogP) is 1.36. The van der Waals surface area contributed by atoms with Crippen molar-refractivity contribution >= 4 is 11.8 Å². The molecular weight excluding hydrogens is 218 g/mol. The Morgan fingerprint density at radius 3 is 2.65 bits per heavy atom. The van der Waals surface area contributed by atoms with Crippen LogP contribution in [0, 0.1) is 5.92 Å². The second-order valence-electron chi connectivity index (χ2n) is 4.80. The molecule has 2 amide bonds. The van der Waals surface area contributed by atoms with E-state index in [0.717, 1.165) is 5.69 Å². The number of amides is 2. The number of hydrogen-bond acceptors (Lipinski definition) is 3. The highest BCUT2D eigenvalue weighted by atomic mass is 16.2. The maximum atomic E-state index is 11.7. The summed E-state index contributed by atoms with van der Waals surface area (Å²) in [6.07, 6.45) is 2.19. The minimum Gasteiger partial charge on any atom is -0.276 e. The fourth-order valence-corrected chi connectivity index (χ4v) is 1.93. The number of likely N-dealkylation sites (tertiary alicyclic amines) is 1. The van der Waals surface area contributed by atoms with E-state index >= 15 is 0 Å². The zero-order valence-corrected chi connectivity index (χ0v) is 10.4. The first kappa shape index (κ1) is 11.8. The van der Waals surface area contributed by atoms with Crippen molar-refractivity contribution in [3.63, 3.8) is 0 Å². The Balaban J connectivity index is 2.10. The van der Waals surface area contributed by atoms with Gasteiger partial charge in [-0.25, -0.2) is 0 Å². The van der Waals surface area contributed by atoms with Crippen LogP contribution in [0.4, 0.5) is 0 Å². The van der Waals surface area contributed by atoms with Crippen molar-refractivity contribution < 1.29 is 9.59 Å². The molecule has 0 aliphatic carbocycles. The van der Waals surface area contributed by atoms with Crippen LogP contribution < -0.4 is 0 Å². The molecule has 0 N–H and O–H groups in total. The molecule has 92 valence electrons. The van der Waals surface area contributed by atoms with E-state index in [-0.39, 0.29) is 23.8 Å². The summed E-state index contributed by atoms with van der Waals surface area (Å²) >= 11 is 0. The van der Waals surface area contributed by atoms with Gasteiger partial charge < -0.3 is 0 Å². The fraction of sp³-hybridized carbons (Fsp3) is 0.583. The van der Waals surface area contributed by atoms with Gasteiger partial charge in [-0.15, -0.1) is 0 Å². The summed E-state index contributed by atoms with van der Waals surface area (Å²) in [6.45, 7) is 6.14. The van der Waals surface area contributed by atoms with Crippen molar-refractivity contribution in [1.29, 1.82) is 0 Å². The largest absolute Gasteiger partial charge is 0.276 e. The molecule has 1 fully saturated rings. The van der Waals surface area contributed by atoms with Crippen LogP contribution in [0.3, 0.4) is 0 Å². The van der Waals surface area contributed by atoms with Crippen LogP contribution in [-0.2, 0) is 16.1 Å². The molecule has 1 aliphatic heterocycles. The molecule has 0 spiro atoms. The number of imide groups is 1. The molecular formula is C12H17N3O2. The fourth-order valence-electron chi connectivity index (χ4n) is 1.93. The van der Waals surface area contributed by atoms with Crippen molar-refractivity contribution in [1.82, 2.24) is 14.7 Å². The molecule has 1 saturated heterocycles. The molecule has 17 heavy (non-hydrogen) atoms. The van der Waals surface area contributed by atoms with Crippen molar-refractivity contribution in [2.24, 2.45) is 5.92 Å². The first-order chi connectivity index (χ1) is 7.99. The molecule has 5 nitrogen and oxygen atoms in total. The first-order valence-electron chi connectivity index (χ1n) is 5.87. The van der Waals surface area contributed by atoms with E-state index < -0.39 is 0 Å². The van der Waals surface area contributed by atoms with Crippen LogP contribution in [0.2, 0.25) is 0 Å². The highest BCUT2D eigenvalue weighted by Crippen LogP contribution is 2.20. The summed E-state index contributed by atoms with van der Waals surface area (Å²) in [4.78, 5) is 24.6. The summed E-state index contributed by atoms with van der Waals surface area (Å²) in [7, 11) is 0. The first-order valence-corrected chi connectivity index (χ1v) is 5.87. The third kappa shape index (κ3) is 2.23. The Morgan fingerprint density at radius 2 is 2.18 bits per heavy atom. The standard InChI is InChI=1S/C12H17N3O2/c1-8(2)15-5-4-10(13-15)7-14-11(16)6-9(3)12(14)17/h4-5,8-9H,6-7H2,1-3H3/t9-/m0/s1. The second-order valence-corrected chi connectivity index (χ2v) is 4.80. The van der Waals surface area contributed by atoms with Crippen LogP contribution in [0.25, 0.3) is 0 Å². The lowest BCUT2D eigenvalue weighted by atomic mass is 10.1. The Hall–Kier alpha value is -1.65. The van der Waals surface area contributed by atoms with Gasteiger partial charge in [-0.3, -0.25) is 19.2 Å². The Morgan fingerprint density at radius 1 is 1.47 bits per heavy atom. The van der Waals surface area contributed by atoms with Crippen LogP contribution >= 0.6 is 0 Å². The average molecular weight is 235 g/mol. The number of carbonyl (C=O) groups is 2. The van der Waals surface area contributed by atoms with Crippen LogP contribution in [-0.4, -0.2) is 26.5 Å². The minimum absolute atomic E-state index is 0.0888. The van der Waals surface area contributed by atoms with Gasteiger partial charge in [0, 0.05) is 24.6 Å². The number of carbonyl (C=O) groups excluding carboxylic acids is 2. The van der Waals surface area contributed by atoms with E-state index in [1.807, 2.05) is 30.8 Å². The number of hydrogen-bond donors (Lipinski definition) is 0. The van der Waals surface area contributed by atoms with Gasteiger partial charge in [0.15, 0.2) is 0 Å². The lowest BCUT2D eigenvalue weighted by Crippen LogP contribution is -2.29. The van der Waals surface area contributed by atoms with Crippen LogP contribution in [0.15, 0.2) is 12.3 Å². The van der Waals surface area contributed by atoms with Crippen LogP contribution in [0.5, 0.6) is 0 Å². The second kappa shape index (κ2) is 4.31. The Bertz CT molecular complexity index is 450. The monoisotopic (exact) mass is 235 g/mol. The van der Waals surface area contributed by atoms with E-state index in [1.54, 1.807) is 6.92 Å². The van der Waals surface area contributed by atoms with E-state index in [9.17, 15) is 9.59 Å². The number of nitrogens with zero attached hydrogens (tertiary/aromatic N) is 3. The maximum absolute atomic E-state index is 11.7. The molecule has 1 atom stereocenters. The molecule has 0 unspecified atom stereocenters. The number of rotatable bonds is 3. The zero-order chi connectivity index (χ0) is 12.6. The van der Waals surface area contributed by atoms with Crippen molar-refractivity contribution in [3.8, 4) is 0 Å². The molecule has 5 heteroatoms. The van der Waals surface area contributed by atoms with Crippen molar-refractivity contribution in [2.75, 3.05) is 0 Å². The summed E-state index contributed by atoms with van der Waals surface area (Å²) in [5.74, 6) is -0.370. The third-order valence-corrected chi connectivity index (χ3v) is 2.98. The van der Waals surface area contributed by atoms with Gasteiger partial charge in [0.25, 0.3) is 0 Å². The van der Waals surface area contributed by atoms with Gasteiger partial charge in [-0.05, 0) is 19.9 Å². The molecule has 0 radical (unpaired) electrons. The Labute approximate surface area is 100 Å². The van der Waals surface area contributed by atoms with Gasteiger partial charge in [-0.1, -0.05) is 6.92 Å². The smallest absolute Gasteiger partial charge is 0.232 e. The maximum Gasteiger partial charge on any atom is 0.232 e. The molecule has 2 rings (SSSR count). The number of aromatic nitrogens is 2. The van der Waals surface area contributed by atoms with Gasteiger partial charge in [0.2, 0.25) is 11.8 Å². The van der Waals surface area contributed by atoms with E-state index in [2.05, 4.69) is 5.10 Å². The summed E-state index contributed by atoms with van der Waals surface area (Å²) < 4.78 is 1.82. The topological polar surface area (TPSA) is 55.2 Å². The quantitative estimate of drug-likeness (QED) is 0.743. The Kier molecular flexibility index (Phi) is 3.00. The normalized spacial score (nSPS) is 20.7. The molecule has 1 aromatic heterocycles. The lowest BCUT2D eigenvalue weighted by Gasteiger charge is -2.12.